The quantitative estimate of drug-likeness (QED) is 0.854. The fourth-order valence-electron chi connectivity index (χ4n) is 1.20. The Balaban J connectivity index is 2.29. The molecule has 2 rings (SSSR count). The van der Waals surface area contributed by atoms with E-state index in [9.17, 15) is 0 Å². The molecule has 0 saturated carbocycles. The van der Waals surface area contributed by atoms with Crippen LogP contribution in [-0.2, 0) is 0 Å². The molecule has 2 aromatic rings. The van der Waals surface area contributed by atoms with Crippen LogP contribution in [0.5, 0.6) is 16.7 Å². The molecule has 0 fully saturated rings. The first kappa shape index (κ1) is 11.7. The molecule has 0 spiro atoms. The summed E-state index contributed by atoms with van der Waals surface area (Å²) in [7, 11) is 1.53. The maximum Gasteiger partial charge on any atom is 0.280 e. The van der Waals surface area contributed by atoms with Gasteiger partial charge in [-0.1, -0.05) is 22.9 Å². The van der Waals surface area contributed by atoms with Crippen molar-refractivity contribution in [2.24, 2.45) is 0 Å². The highest BCUT2D eigenvalue weighted by Gasteiger charge is 2.06. The monoisotopic (exact) mass is 266 g/mol. The zero-order valence-electron chi connectivity index (χ0n) is 8.81. The summed E-state index contributed by atoms with van der Waals surface area (Å²) >= 11 is 6.97. The van der Waals surface area contributed by atoms with E-state index < -0.39 is 0 Å². The second-order valence-electron chi connectivity index (χ2n) is 3.05. The number of aromatic nitrogens is 1. The van der Waals surface area contributed by atoms with Gasteiger partial charge in [0.25, 0.3) is 5.19 Å². The minimum Gasteiger partial charge on any atom is -0.497 e. The van der Waals surface area contributed by atoms with Crippen LogP contribution in [0.2, 0.25) is 5.15 Å². The van der Waals surface area contributed by atoms with Crippen LogP contribution in [0.3, 0.4) is 0 Å². The summed E-state index contributed by atoms with van der Waals surface area (Å²) in [6.07, 6.45) is 0. The molecule has 0 aliphatic carbocycles. The van der Waals surface area contributed by atoms with E-state index in [2.05, 4.69) is 4.98 Å². The second kappa shape index (κ2) is 5.04. The molecule has 0 bridgehead atoms. The lowest BCUT2D eigenvalue weighted by Gasteiger charge is -2.05. The number of nitriles is 1. The van der Waals surface area contributed by atoms with Crippen molar-refractivity contribution in [2.75, 3.05) is 7.11 Å². The van der Waals surface area contributed by atoms with Crippen LogP contribution in [0.1, 0.15) is 5.56 Å². The lowest BCUT2D eigenvalue weighted by Crippen LogP contribution is -1.88. The number of methoxy groups -OCH3 is 1. The van der Waals surface area contributed by atoms with Crippen molar-refractivity contribution in [1.82, 2.24) is 4.98 Å². The topological polar surface area (TPSA) is 55.1 Å². The number of nitrogens with zero attached hydrogens (tertiary/aromatic N) is 2. The summed E-state index contributed by atoms with van der Waals surface area (Å²) in [5, 5.41) is 11.3. The van der Waals surface area contributed by atoms with Gasteiger partial charge in [0, 0.05) is 11.4 Å². The average Bonchev–Trinajstić information content (AvgIpc) is 2.74. The van der Waals surface area contributed by atoms with Gasteiger partial charge >= 0.3 is 0 Å². The molecule has 1 aromatic carbocycles. The van der Waals surface area contributed by atoms with Crippen LogP contribution in [0.4, 0.5) is 0 Å². The first-order valence-corrected chi connectivity index (χ1v) is 5.85. The summed E-state index contributed by atoms with van der Waals surface area (Å²) in [6, 6.07) is 6.94. The molecular weight excluding hydrogens is 260 g/mol. The molecule has 6 heteroatoms. The number of rotatable bonds is 3. The van der Waals surface area contributed by atoms with Gasteiger partial charge in [0.15, 0.2) is 0 Å². The predicted molar refractivity (Wildman–Crippen MR) is 64.9 cm³/mol. The van der Waals surface area contributed by atoms with E-state index in [1.54, 1.807) is 23.6 Å². The number of hydrogen-bond donors (Lipinski definition) is 0. The number of benzene rings is 1. The molecule has 1 aromatic heterocycles. The van der Waals surface area contributed by atoms with Crippen molar-refractivity contribution < 1.29 is 9.47 Å². The van der Waals surface area contributed by atoms with Crippen molar-refractivity contribution in [3.63, 3.8) is 0 Å². The summed E-state index contributed by atoms with van der Waals surface area (Å²) in [5.41, 5.74) is 0.460. The van der Waals surface area contributed by atoms with Gasteiger partial charge < -0.3 is 9.47 Å². The molecule has 0 aliphatic rings. The van der Waals surface area contributed by atoms with E-state index in [0.29, 0.717) is 27.4 Å². The molecule has 0 radical (unpaired) electrons. The van der Waals surface area contributed by atoms with Crippen LogP contribution >= 0.6 is 22.9 Å². The zero-order valence-corrected chi connectivity index (χ0v) is 10.4. The normalized spacial score (nSPS) is 9.71. The van der Waals surface area contributed by atoms with Gasteiger partial charge in [0.1, 0.15) is 16.7 Å². The maximum atomic E-state index is 8.86. The molecule has 1 heterocycles. The molecule has 4 nitrogen and oxygen atoms in total. The third-order valence-corrected chi connectivity index (χ3v) is 2.95. The van der Waals surface area contributed by atoms with Crippen molar-refractivity contribution in [3.05, 3.63) is 34.3 Å². The SMILES string of the molecule is COc1cc(C#N)cc(Oc2nc(Cl)cs2)c1. The van der Waals surface area contributed by atoms with E-state index in [4.69, 9.17) is 26.3 Å². The molecule has 17 heavy (non-hydrogen) atoms. The van der Waals surface area contributed by atoms with E-state index in [1.165, 1.54) is 18.4 Å². The molecule has 0 N–H and O–H groups in total. The van der Waals surface area contributed by atoms with Gasteiger partial charge in [-0.2, -0.15) is 10.2 Å². The smallest absolute Gasteiger partial charge is 0.280 e. The average molecular weight is 267 g/mol. The van der Waals surface area contributed by atoms with Crippen LogP contribution in [-0.4, -0.2) is 12.1 Å². The lowest BCUT2D eigenvalue weighted by molar-refractivity contribution is 0.408. The molecule has 0 unspecified atom stereocenters. The predicted octanol–water partition coefficient (Wildman–Crippen LogP) is 3.47. The maximum absolute atomic E-state index is 8.86. The first-order valence-electron chi connectivity index (χ1n) is 4.59. The third kappa shape index (κ3) is 2.87. The van der Waals surface area contributed by atoms with Crippen molar-refractivity contribution in [3.8, 4) is 22.8 Å². The number of halogens is 1. The Morgan fingerprint density at radius 1 is 1.35 bits per heavy atom. The van der Waals surface area contributed by atoms with Crippen LogP contribution in [0.25, 0.3) is 0 Å². The van der Waals surface area contributed by atoms with Crippen LogP contribution in [0.15, 0.2) is 23.6 Å². The van der Waals surface area contributed by atoms with Gasteiger partial charge in [-0.3, -0.25) is 0 Å². The summed E-state index contributed by atoms with van der Waals surface area (Å²) in [5.74, 6) is 1.05. The van der Waals surface area contributed by atoms with Gasteiger partial charge in [0.2, 0.25) is 0 Å². The minimum absolute atomic E-state index is 0.383. The highest BCUT2D eigenvalue weighted by atomic mass is 35.5. The van der Waals surface area contributed by atoms with Crippen LogP contribution in [0, 0.1) is 11.3 Å². The lowest BCUT2D eigenvalue weighted by atomic mass is 10.2. The molecule has 86 valence electrons. The highest BCUT2D eigenvalue weighted by molar-refractivity contribution is 7.11. The van der Waals surface area contributed by atoms with Crippen molar-refractivity contribution in [2.45, 2.75) is 0 Å². The molecule has 0 amide bonds. The minimum atomic E-state index is 0.383. The molecule has 0 atom stereocenters. The van der Waals surface area contributed by atoms with E-state index in [1.807, 2.05) is 6.07 Å². The Labute approximate surface area is 107 Å². The van der Waals surface area contributed by atoms with Gasteiger partial charge in [0.05, 0.1) is 18.7 Å². The standard InChI is InChI=1S/C11H7ClN2O2S/c1-15-8-2-7(5-13)3-9(4-8)16-11-14-10(12)6-17-11/h2-4,6H,1H3. The fraction of sp³-hybridized carbons (Fsp3) is 0.0909. The number of hydrogen-bond acceptors (Lipinski definition) is 5. The van der Waals surface area contributed by atoms with E-state index >= 15 is 0 Å². The number of thiazole rings is 1. The van der Waals surface area contributed by atoms with E-state index in [-0.39, 0.29) is 0 Å². The molecular formula is C11H7ClN2O2S. The Morgan fingerprint density at radius 2 is 2.12 bits per heavy atom. The summed E-state index contributed by atoms with van der Waals surface area (Å²) in [6.45, 7) is 0. The van der Waals surface area contributed by atoms with E-state index in [0.717, 1.165) is 0 Å². The Kier molecular flexibility index (Phi) is 3.47. The summed E-state index contributed by atoms with van der Waals surface area (Å²) in [4.78, 5) is 3.95. The van der Waals surface area contributed by atoms with Gasteiger partial charge in [-0.15, -0.1) is 0 Å². The largest absolute Gasteiger partial charge is 0.497 e. The van der Waals surface area contributed by atoms with Crippen molar-refractivity contribution in [1.29, 1.82) is 5.26 Å². The van der Waals surface area contributed by atoms with Crippen LogP contribution < -0.4 is 9.47 Å². The van der Waals surface area contributed by atoms with Gasteiger partial charge in [-0.25, -0.2) is 0 Å². The first-order chi connectivity index (χ1) is 8.21. The molecule has 0 aliphatic heterocycles. The van der Waals surface area contributed by atoms with Crippen molar-refractivity contribution >= 4 is 22.9 Å². The highest BCUT2D eigenvalue weighted by Crippen LogP contribution is 2.30. The Hall–Kier alpha value is -1.77. The fourth-order valence-corrected chi connectivity index (χ4v) is 2.01. The zero-order chi connectivity index (χ0) is 12.3. The Morgan fingerprint density at radius 3 is 2.71 bits per heavy atom. The third-order valence-electron chi connectivity index (χ3n) is 1.91. The Bertz CT molecular complexity index is 577. The molecule has 0 saturated heterocycles. The van der Waals surface area contributed by atoms with Gasteiger partial charge in [-0.05, 0) is 12.1 Å². The second-order valence-corrected chi connectivity index (χ2v) is 4.26. The summed E-state index contributed by atoms with van der Waals surface area (Å²) < 4.78 is 10.5. The number of ether oxygens (including phenoxy) is 2.